The molecule has 2 aromatic rings. The molecule has 0 radical (unpaired) electrons. The maximum Gasteiger partial charge on any atom is 0.220 e. The van der Waals surface area contributed by atoms with Gasteiger partial charge in [-0.05, 0) is 48.9 Å². The van der Waals surface area contributed by atoms with Crippen LogP contribution in [0.15, 0.2) is 47.7 Å². The quantitative estimate of drug-likeness (QED) is 0.198. The highest BCUT2D eigenvalue weighted by Gasteiger charge is 2.16. The van der Waals surface area contributed by atoms with Crippen LogP contribution in [0.2, 0.25) is 0 Å². The molecule has 0 bridgehead atoms. The number of hydrogen-bond donors (Lipinski definition) is 3. The molecule has 170 valence electrons. The van der Waals surface area contributed by atoms with E-state index in [0.29, 0.717) is 25.4 Å². The Hall–Kier alpha value is -2.10. The summed E-state index contributed by atoms with van der Waals surface area (Å²) in [6.45, 7) is 2.06. The van der Waals surface area contributed by atoms with Gasteiger partial charge in [0.1, 0.15) is 0 Å². The van der Waals surface area contributed by atoms with E-state index >= 15 is 0 Å². The van der Waals surface area contributed by atoms with E-state index in [0.717, 1.165) is 24.6 Å². The number of carbonyl (C=O) groups excluding carboxylic acids is 1. The van der Waals surface area contributed by atoms with Crippen LogP contribution in [-0.2, 0) is 11.2 Å². The number of nitrogens with zero attached hydrogens (tertiary/aromatic N) is 3. The zero-order chi connectivity index (χ0) is 21.0. The van der Waals surface area contributed by atoms with E-state index in [4.69, 9.17) is 0 Å². The second-order valence-electron chi connectivity index (χ2n) is 7.85. The van der Waals surface area contributed by atoms with E-state index < -0.39 is 0 Å². The van der Waals surface area contributed by atoms with Crippen LogP contribution in [0.25, 0.3) is 5.69 Å². The van der Waals surface area contributed by atoms with Gasteiger partial charge in [-0.25, -0.2) is 4.68 Å². The molecule has 1 aromatic heterocycles. The van der Waals surface area contributed by atoms with Gasteiger partial charge in [0.25, 0.3) is 0 Å². The van der Waals surface area contributed by atoms with Crippen molar-refractivity contribution in [1.29, 1.82) is 0 Å². The Bertz CT molecular complexity index is 785. The molecule has 0 unspecified atom stereocenters. The van der Waals surface area contributed by atoms with Crippen LogP contribution in [0.5, 0.6) is 0 Å². The number of aliphatic imine (C=N–C) groups is 1. The molecule has 3 rings (SSSR count). The number of nitrogens with one attached hydrogen (secondary N) is 3. The molecule has 31 heavy (non-hydrogen) atoms. The average Bonchev–Trinajstić information content (AvgIpc) is 3.31. The topological polar surface area (TPSA) is 83.3 Å². The standard InChI is InChI=1S/C23H34N6O.HI/c1-24-23(27-16-15-25-22(30)18-20-6-3-2-4-7-20)26-14-12-19-8-10-21(11-9-19)29-17-5-13-28-29;/h5,8-11,13,17,20H,2-4,6-7,12,14-16,18H2,1H3,(H,25,30)(H2,24,26,27);1H. The Labute approximate surface area is 202 Å². The van der Waals surface area contributed by atoms with Crippen LogP contribution >= 0.6 is 24.0 Å². The number of halogens is 1. The summed E-state index contributed by atoms with van der Waals surface area (Å²) in [6, 6.07) is 10.3. The Morgan fingerprint density at radius 3 is 2.45 bits per heavy atom. The fourth-order valence-electron chi connectivity index (χ4n) is 3.89. The highest BCUT2D eigenvalue weighted by molar-refractivity contribution is 14.0. The molecule has 1 saturated carbocycles. The molecule has 3 N–H and O–H groups in total. The van der Waals surface area contributed by atoms with Crippen LogP contribution in [-0.4, -0.2) is 48.3 Å². The zero-order valence-corrected chi connectivity index (χ0v) is 20.7. The molecule has 7 nitrogen and oxygen atoms in total. The molecule has 1 aliphatic carbocycles. The van der Waals surface area contributed by atoms with Crippen molar-refractivity contribution < 1.29 is 4.79 Å². The van der Waals surface area contributed by atoms with Crippen molar-refractivity contribution in [1.82, 2.24) is 25.7 Å². The Morgan fingerprint density at radius 2 is 1.77 bits per heavy atom. The van der Waals surface area contributed by atoms with E-state index in [2.05, 4.69) is 50.3 Å². The summed E-state index contributed by atoms with van der Waals surface area (Å²) >= 11 is 0. The van der Waals surface area contributed by atoms with E-state index in [-0.39, 0.29) is 29.9 Å². The monoisotopic (exact) mass is 538 g/mol. The van der Waals surface area contributed by atoms with Gasteiger partial charge in [-0.2, -0.15) is 5.10 Å². The number of carbonyl (C=O) groups is 1. The molecular formula is C23H35IN6O. The minimum Gasteiger partial charge on any atom is -0.356 e. The minimum atomic E-state index is 0. The fourth-order valence-corrected chi connectivity index (χ4v) is 3.89. The van der Waals surface area contributed by atoms with Gasteiger partial charge in [-0.15, -0.1) is 24.0 Å². The molecular weight excluding hydrogens is 503 g/mol. The smallest absolute Gasteiger partial charge is 0.220 e. The SMILES string of the molecule is CN=C(NCCNC(=O)CC1CCCCC1)NCCc1ccc(-n2cccn2)cc1.I. The number of benzene rings is 1. The van der Waals surface area contributed by atoms with E-state index in [1.165, 1.54) is 37.7 Å². The molecule has 1 amide bonds. The van der Waals surface area contributed by atoms with Crippen molar-refractivity contribution in [3.63, 3.8) is 0 Å². The average molecular weight is 538 g/mol. The van der Waals surface area contributed by atoms with Crippen molar-refractivity contribution in [3.05, 3.63) is 48.3 Å². The highest BCUT2D eigenvalue weighted by Crippen LogP contribution is 2.25. The van der Waals surface area contributed by atoms with Crippen LogP contribution in [0.4, 0.5) is 0 Å². The number of hydrogen-bond acceptors (Lipinski definition) is 3. The lowest BCUT2D eigenvalue weighted by Crippen LogP contribution is -2.42. The first kappa shape index (κ1) is 25.2. The van der Waals surface area contributed by atoms with Crippen LogP contribution in [0.1, 0.15) is 44.1 Å². The molecule has 1 aromatic carbocycles. The number of amides is 1. The number of guanidine groups is 1. The third-order valence-electron chi connectivity index (χ3n) is 5.57. The van der Waals surface area contributed by atoms with Gasteiger partial charge in [0.2, 0.25) is 5.91 Å². The first-order valence-corrected chi connectivity index (χ1v) is 11.0. The van der Waals surface area contributed by atoms with Crippen LogP contribution in [0, 0.1) is 5.92 Å². The summed E-state index contributed by atoms with van der Waals surface area (Å²) in [5.41, 5.74) is 2.31. The summed E-state index contributed by atoms with van der Waals surface area (Å²) in [4.78, 5) is 16.3. The predicted octanol–water partition coefficient (Wildman–Crippen LogP) is 3.28. The second-order valence-corrected chi connectivity index (χ2v) is 7.85. The lowest BCUT2D eigenvalue weighted by molar-refractivity contribution is -0.122. The van der Waals surface area contributed by atoms with Crippen molar-refractivity contribution in [2.45, 2.75) is 44.9 Å². The molecule has 8 heteroatoms. The normalized spacial score (nSPS) is 14.5. The third kappa shape index (κ3) is 8.88. The Kier molecular flexibility index (Phi) is 11.4. The summed E-state index contributed by atoms with van der Waals surface area (Å²) < 4.78 is 1.85. The zero-order valence-electron chi connectivity index (χ0n) is 18.3. The van der Waals surface area contributed by atoms with Gasteiger partial charge in [-0.1, -0.05) is 31.4 Å². The van der Waals surface area contributed by atoms with Crippen molar-refractivity contribution in [2.24, 2.45) is 10.9 Å². The summed E-state index contributed by atoms with van der Waals surface area (Å²) in [7, 11) is 1.76. The summed E-state index contributed by atoms with van der Waals surface area (Å²) in [5, 5.41) is 13.8. The molecule has 0 atom stereocenters. The maximum absolute atomic E-state index is 12.1. The number of rotatable bonds is 9. The lowest BCUT2D eigenvalue weighted by atomic mass is 9.87. The Balaban J connectivity index is 0.00000341. The fraction of sp³-hybridized carbons (Fsp3) is 0.522. The van der Waals surface area contributed by atoms with Crippen LogP contribution < -0.4 is 16.0 Å². The molecule has 0 spiro atoms. The molecule has 0 aliphatic heterocycles. The van der Waals surface area contributed by atoms with Gasteiger partial charge in [0.05, 0.1) is 5.69 Å². The van der Waals surface area contributed by atoms with Crippen molar-refractivity contribution in [2.75, 3.05) is 26.7 Å². The second kappa shape index (κ2) is 14.1. The molecule has 1 fully saturated rings. The van der Waals surface area contributed by atoms with Gasteiger partial charge in [-0.3, -0.25) is 9.79 Å². The Morgan fingerprint density at radius 1 is 1.06 bits per heavy atom. The van der Waals surface area contributed by atoms with Gasteiger partial charge in [0.15, 0.2) is 5.96 Å². The van der Waals surface area contributed by atoms with Crippen molar-refractivity contribution in [3.8, 4) is 5.69 Å². The van der Waals surface area contributed by atoms with Gasteiger partial charge in [0, 0.05) is 45.5 Å². The lowest BCUT2D eigenvalue weighted by Gasteiger charge is -2.20. The molecule has 1 heterocycles. The summed E-state index contributed by atoms with van der Waals surface area (Å²) in [6.07, 6.45) is 11.6. The third-order valence-corrected chi connectivity index (χ3v) is 5.57. The predicted molar refractivity (Wildman–Crippen MR) is 136 cm³/mol. The van der Waals surface area contributed by atoms with E-state index in [9.17, 15) is 4.79 Å². The largest absolute Gasteiger partial charge is 0.356 e. The van der Waals surface area contributed by atoms with E-state index in [1.54, 1.807) is 13.2 Å². The van der Waals surface area contributed by atoms with Crippen LogP contribution in [0.3, 0.4) is 0 Å². The summed E-state index contributed by atoms with van der Waals surface area (Å²) in [5.74, 6) is 1.50. The van der Waals surface area contributed by atoms with Gasteiger partial charge < -0.3 is 16.0 Å². The first-order chi connectivity index (χ1) is 14.7. The maximum atomic E-state index is 12.1. The van der Waals surface area contributed by atoms with Gasteiger partial charge >= 0.3 is 0 Å². The van der Waals surface area contributed by atoms with Crippen molar-refractivity contribution >= 4 is 35.8 Å². The molecule has 0 saturated heterocycles. The highest BCUT2D eigenvalue weighted by atomic mass is 127. The van der Waals surface area contributed by atoms with E-state index in [1.807, 2.05) is 16.9 Å². The minimum absolute atomic E-state index is 0. The first-order valence-electron chi connectivity index (χ1n) is 11.0. The number of aromatic nitrogens is 2. The molecule has 1 aliphatic rings.